The number of aromatic nitrogens is 2. The Kier molecular flexibility index (Phi) is 4.62. The third-order valence-corrected chi connectivity index (χ3v) is 4.76. The van der Waals surface area contributed by atoms with Crippen LogP contribution in [0.5, 0.6) is 0 Å². The molecule has 3 unspecified atom stereocenters. The van der Waals surface area contributed by atoms with Crippen LogP contribution in [0.2, 0.25) is 0 Å². The van der Waals surface area contributed by atoms with E-state index >= 15 is 0 Å². The molecule has 96 valence electrons. The van der Waals surface area contributed by atoms with Crippen molar-refractivity contribution in [1.82, 2.24) is 9.78 Å². The number of hydrogen-bond acceptors (Lipinski definition) is 2. The molecule has 17 heavy (non-hydrogen) atoms. The first kappa shape index (κ1) is 13.1. The van der Waals surface area contributed by atoms with Crippen LogP contribution in [0.4, 0.5) is 0 Å². The molecule has 3 atom stereocenters. The van der Waals surface area contributed by atoms with Gasteiger partial charge in [0.2, 0.25) is 0 Å². The van der Waals surface area contributed by atoms with E-state index in [-0.39, 0.29) is 0 Å². The van der Waals surface area contributed by atoms with E-state index in [2.05, 4.69) is 51.8 Å². The quantitative estimate of drug-likeness (QED) is 0.799. The summed E-state index contributed by atoms with van der Waals surface area (Å²) in [5, 5.41) is 4.65. The summed E-state index contributed by atoms with van der Waals surface area (Å²) in [5.74, 6) is 0.559. The number of alkyl halides is 1. The van der Waals surface area contributed by atoms with E-state index in [1.165, 1.54) is 5.69 Å². The van der Waals surface area contributed by atoms with Crippen molar-refractivity contribution in [3.05, 3.63) is 18.0 Å². The van der Waals surface area contributed by atoms with Gasteiger partial charge in [0, 0.05) is 29.6 Å². The van der Waals surface area contributed by atoms with Crippen molar-refractivity contribution in [2.45, 2.75) is 44.0 Å². The van der Waals surface area contributed by atoms with Crippen molar-refractivity contribution in [2.75, 3.05) is 13.2 Å². The summed E-state index contributed by atoms with van der Waals surface area (Å²) in [6.45, 7) is 6.13. The number of hydrogen-bond donors (Lipinski definition) is 0. The van der Waals surface area contributed by atoms with Crippen molar-refractivity contribution in [1.29, 1.82) is 0 Å². The molecule has 2 heterocycles. The number of nitrogens with zero attached hydrogens (tertiary/aromatic N) is 2. The molecule has 1 aromatic heterocycles. The Morgan fingerprint density at radius 3 is 3.18 bits per heavy atom. The van der Waals surface area contributed by atoms with Gasteiger partial charge < -0.3 is 4.74 Å². The fraction of sp³-hybridized carbons (Fsp3) is 0.769. The average Bonchev–Trinajstić information content (AvgIpc) is 2.80. The molecule has 2 rings (SSSR count). The summed E-state index contributed by atoms with van der Waals surface area (Å²) in [6, 6.07) is 2.63. The van der Waals surface area contributed by atoms with E-state index in [1.807, 2.05) is 0 Å². The molecule has 1 fully saturated rings. The lowest BCUT2D eigenvalue weighted by molar-refractivity contribution is 0.0601. The number of rotatable bonds is 4. The molecule has 0 aliphatic carbocycles. The largest absolute Gasteiger partial charge is 0.381 e. The zero-order valence-corrected chi connectivity index (χ0v) is 12.2. The van der Waals surface area contributed by atoms with Gasteiger partial charge in [-0.3, -0.25) is 4.68 Å². The minimum atomic E-state index is 0.492. The van der Waals surface area contributed by atoms with Crippen LogP contribution in [0.1, 0.15) is 38.4 Å². The summed E-state index contributed by atoms with van der Waals surface area (Å²) in [5.41, 5.74) is 1.19. The van der Waals surface area contributed by atoms with Gasteiger partial charge in [0.1, 0.15) is 0 Å². The highest BCUT2D eigenvalue weighted by molar-refractivity contribution is 9.09. The zero-order valence-electron chi connectivity index (χ0n) is 10.6. The third-order valence-electron chi connectivity index (χ3n) is 3.56. The van der Waals surface area contributed by atoms with Crippen molar-refractivity contribution in [2.24, 2.45) is 5.92 Å². The topological polar surface area (TPSA) is 27.1 Å². The minimum Gasteiger partial charge on any atom is -0.381 e. The molecule has 1 aliphatic heterocycles. The Labute approximate surface area is 112 Å². The highest BCUT2D eigenvalue weighted by Gasteiger charge is 2.24. The minimum absolute atomic E-state index is 0.492. The maximum Gasteiger partial charge on any atom is 0.0628 e. The second-order valence-electron chi connectivity index (χ2n) is 4.89. The molecule has 3 nitrogen and oxygen atoms in total. The second kappa shape index (κ2) is 6.01. The standard InChI is InChI=1S/C13H21BrN2O/c1-3-10(2)16-6-4-12(15-16)8-11-9-17-7-5-13(11)14/h4,6,10-11,13H,3,5,7-9H2,1-2H3. The van der Waals surface area contributed by atoms with Gasteiger partial charge >= 0.3 is 0 Å². The van der Waals surface area contributed by atoms with E-state index in [0.717, 1.165) is 32.5 Å². The molecule has 0 N–H and O–H groups in total. The smallest absolute Gasteiger partial charge is 0.0628 e. The van der Waals surface area contributed by atoms with Crippen LogP contribution >= 0.6 is 15.9 Å². The molecule has 1 saturated heterocycles. The molecule has 0 radical (unpaired) electrons. The fourth-order valence-electron chi connectivity index (χ4n) is 2.14. The summed E-state index contributed by atoms with van der Waals surface area (Å²) in [6.07, 6.45) is 5.33. The van der Waals surface area contributed by atoms with Crippen LogP contribution in [0.3, 0.4) is 0 Å². The Balaban J connectivity index is 1.96. The average molecular weight is 301 g/mol. The van der Waals surface area contributed by atoms with Crippen molar-refractivity contribution in [3.63, 3.8) is 0 Å². The highest BCUT2D eigenvalue weighted by Crippen LogP contribution is 2.25. The summed E-state index contributed by atoms with van der Waals surface area (Å²) >= 11 is 3.75. The van der Waals surface area contributed by atoms with Gasteiger partial charge in [-0.25, -0.2) is 0 Å². The van der Waals surface area contributed by atoms with E-state index in [0.29, 0.717) is 16.8 Å². The lowest BCUT2D eigenvalue weighted by Crippen LogP contribution is -2.29. The van der Waals surface area contributed by atoms with Gasteiger partial charge in [-0.05, 0) is 32.3 Å². The molecule has 0 spiro atoms. The van der Waals surface area contributed by atoms with Crippen molar-refractivity contribution < 1.29 is 4.74 Å². The van der Waals surface area contributed by atoms with Gasteiger partial charge in [0.15, 0.2) is 0 Å². The third kappa shape index (κ3) is 3.32. The molecule has 0 amide bonds. The van der Waals surface area contributed by atoms with Gasteiger partial charge in [-0.1, -0.05) is 22.9 Å². The predicted molar refractivity (Wildman–Crippen MR) is 72.6 cm³/mol. The first-order valence-corrected chi connectivity index (χ1v) is 7.38. The molecule has 4 heteroatoms. The first-order chi connectivity index (χ1) is 8.20. The van der Waals surface area contributed by atoms with E-state index in [1.54, 1.807) is 0 Å². The van der Waals surface area contributed by atoms with Crippen LogP contribution in [0.15, 0.2) is 12.3 Å². The van der Waals surface area contributed by atoms with E-state index in [4.69, 9.17) is 4.74 Å². The zero-order chi connectivity index (χ0) is 12.3. The Morgan fingerprint density at radius 2 is 2.47 bits per heavy atom. The lowest BCUT2D eigenvalue weighted by atomic mass is 9.97. The maximum absolute atomic E-state index is 5.54. The maximum atomic E-state index is 5.54. The summed E-state index contributed by atoms with van der Waals surface area (Å²) in [7, 11) is 0. The molecule has 0 saturated carbocycles. The Bertz CT molecular complexity index is 353. The van der Waals surface area contributed by atoms with E-state index in [9.17, 15) is 0 Å². The molecular weight excluding hydrogens is 280 g/mol. The molecule has 1 aromatic rings. The van der Waals surface area contributed by atoms with Crippen LogP contribution in [0.25, 0.3) is 0 Å². The highest BCUT2D eigenvalue weighted by atomic mass is 79.9. The van der Waals surface area contributed by atoms with Crippen LogP contribution < -0.4 is 0 Å². The second-order valence-corrected chi connectivity index (χ2v) is 6.06. The SMILES string of the molecule is CCC(C)n1ccc(CC2COCCC2Br)n1. The van der Waals surface area contributed by atoms with E-state index < -0.39 is 0 Å². The number of halogens is 1. The van der Waals surface area contributed by atoms with Gasteiger partial charge in [-0.2, -0.15) is 5.10 Å². The van der Waals surface area contributed by atoms with Crippen molar-refractivity contribution in [3.8, 4) is 0 Å². The molecular formula is C13H21BrN2O. The summed E-state index contributed by atoms with van der Waals surface area (Å²) in [4.78, 5) is 0.574. The normalized spacial score (nSPS) is 27.0. The summed E-state index contributed by atoms with van der Waals surface area (Å²) < 4.78 is 7.61. The Hall–Kier alpha value is -0.350. The van der Waals surface area contributed by atoms with Gasteiger partial charge in [0.05, 0.1) is 12.3 Å². The fourth-order valence-corrected chi connectivity index (χ4v) is 2.67. The van der Waals surface area contributed by atoms with Crippen LogP contribution in [-0.2, 0) is 11.2 Å². The van der Waals surface area contributed by atoms with Gasteiger partial charge in [-0.15, -0.1) is 0 Å². The molecule has 1 aliphatic rings. The Morgan fingerprint density at radius 1 is 1.65 bits per heavy atom. The van der Waals surface area contributed by atoms with Gasteiger partial charge in [0.25, 0.3) is 0 Å². The lowest BCUT2D eigenvalue weighted by Gasteiger charge is -2.26. The number of ether oxygens (including phenoxy) is 1. The molecule has 0 aromatic carbocycles. The van der Waals surface area contributed by atoms with Crippen LogP contribution in [0, 0.1) is 5.92 Å². The van der Waals surface area contributed by atoms with Crippen LogP contribution in [-0.4, -0.2) is 27.8 Å². The first-order valence-electron chi connectivity index (χ1n) is 6.46. The molecule has 0 bridgehead atoms. The predicted octanol–water partition coefficient (Wildman–Crippen LogP) is 3.20. The van der Waals surface area contributed by atoms with Crippen molar-refractivity contribution >= 4 is 15.9 Å². The monoisotopic (exact) mass is 300 g/mol.